The lowest BCUT2D eigenvalue weighted by Gasteiger charge is -2.14. The lowest BCUT2D eigenvalue weighted by molar-refractivity contribution is -0.103. The minimum absolute atomic E-state index is 0.0615. The van der Waals surface area contributed by atoms with E-state index >= 15 is 0 Å². The van der Waals surface area contributed by atoms with Gasteiger partial charge in [-0.25, -0.2) is 4.79 Å². The Balaban J connectivity index is 1.85. The van der Waals surface area contributed by atoms with Crippen LogP contribution in [0, 0.1) is 0 Å². The number of carbonyl (C=O) groups is 1. The number of nitrogens with two attached hydrogens (primary N) is 1. The maximum absolute atomic E-state index is 11.6. The molecule has 1 saturated heterocycles. The zero-order valence-electron chi connectivity index (χ0n) is 9.28. The van der Waals surface area contributed by atoms with Gasteiger partial charge in [0.05, 0.1) is 5.56 Å². The van der Waals surface area contributed by atoms with Crippen LogP contribution in [-0.2, 0) is 9.47 Å². The van der Waals surface area contributed by atoms with Crippen molar-refractivity contribution in [3.8, 4) is 0 Å². The van der Waals surface area contributed by atoms with E-state index in [1.807, 2.05) is 6.07 Å². The predicted octanol–water partition coefficient (Wildman–Crippen LogP) is 0.278. The standard InChI is InChI=1S/C12H15NO4/c13-9-6-11(14)17-10(9)7-16-12(15)8-4-2-1-3-5-8/h1-5,9-11,14H,6-7,13H2/t9-,10+,11+/m0/s1. The molecule has 3 N–H and O–H groups in total. The van der Waals surface area contributed by atoms with Gasteiger partial charge in [0.15, 0.2) is 6.29 Å². The van der Waals surface area contributed by atoms with Crippen molar-refractivity contribution in [2.24, 2.45) is 5.73 Å². The third-order valence-electron chi connectivity index (χ3n) is 2.67. The number of benzene rings is 1. The second-order valence-electron chi connectivity index (χ2n) is 3.99. The minimum Gasteiger partial charge on any atom is -0.459 e. The van der Waals surface area contributed by atoms with Gasteiger partial charge in [-0.1, -0.05) is 18.2 Å². The van der Waals surface area contributed by atoms with Crippen molar-refractivity contribution in [2.45, 2.75) is 24.9 Å². The summed E-state index contributed by atoms with van der Waals surface area (Å²) in [7, 11) is 0. The Labute approximate surface area is 99.1 Å². The van der Waals surface area contributed by atoms with Crippen LogP contribution in [0.2, 0.25) is 0 Å². The molecule has 1 aromatic rings. The molecule has 0 aromatic heterocycles. The van der Waals surface area contributed by atoms with E-state index in [1.54, 1.807) is 24.3 Å². The van der Waals surface area contributed by atoms with E-state index in [2.05, 4.69) is 0 Å². The van der Waals surface area contributed by atoms with Crippen LogP contribution in [0.15, 0.2) is 30.3 Å². The fraction of sp³-hybridized carbons (Fsp3) is 0.417. The second-order valence-corrected chi connectivity index (χ2v) is 3.99. The number of hydrogen-bond acceptors (Lipinski definition) is 5. The third-order valence-corrected chi connectivity index (χ3v) is 2.67. The van der Waals surface area contributed by atoms with Gasteiger partial charge < -0.3 is 20.3 Å². The zero-order valence-corrected chi connectivity index (χ0v) is 9.28. The van der Waals surface area contributed by atoms with Crippen molar-refractivity contribution in [3.05, 3.63) is 35.9 Å². The van der Waals surface area contributed by atoms with Crippen LogP contribution in [-0.4, -0.2) is 36.1 Å². The first kappa shape index (κ1) is 12.0. The number of aliphatic hydroxyl groups excluding tert-OH is 1. The van der Waals surface area contributed by atoms with Crippen LogP contribution < -0.4 is 5.73 Å². The highest BCUT2D eigenvalue weighted by Crippen LogP contribution is 2.17. The SMILES string of the molecule is N[C@H]1C[C@H](O)O[C@@H]1COC(=O)c1ccccc1. The van der Waals surface area contributed by atoms with Gasteiger partial charge in [-0.05, 0) is 12.1 Å². The molecule has 5 heteroatoms. The average Bonchev–Trinajstić information content (AvgIpc) is 2.66. The number of aliphatic hydroxyl groups is 1. The number of ether oxygens (including phenoxy) is 2. The molecule has 0 amide bonds. The Morgan fingerprint density at radius 3 is 2.76 bits per heavy atom. The smallest absolute Gasteiger partial charge is 0.338 e. The first-order valence-electron chi connectivity index (χ1n) is 5.48. The molecule has 0 aliphatic carbocycles. The van der Waals surface area contributed by atoms with Gasteiger partial charge in [0, 0.05) is 12.5 Å². The van der Waals surface area contributed by atoms with E-state index in [4.69, 9.17) is 15.2 Å². The zero-order chi connectivity index (χ0) is 12.3. The van der Waals surface area contributed by atoms with Gasteiger partial charge in [0.25, 0.3) is 0 Å². The summed E-state index contributed by atoms with van der Waals surface area (Å²) in [6.07, 6.45) is -0.920. The lowest BCUT2D eigenvalue weighted by Crippen LogP contribution is -2.34. The summed E-state index contributed by atoms with van der Waals surface area (Å²) in [6, 6.07) is 8.40. The fourth-order valence-electron chi connectivity index (χ4n) is 1.72. The number of rotatable bonds is 3. The highest BCUT2D eigenvalue weighted by Gasteiger charge is 2.32. The van der Waals surface area contributed by atoms with E-state index in [-0.39, 0.29) is 12.6 Å². The van der Waals surface area contributed by atoms with E-state index < -0.39 is 18.4 Å². The monoisotopic (exact) mass is 237 g/mol. The molecule has 1 aliphatic rings. The summed E-state index contributed by atoms with van der Waals surface area (Å²) >= 11 is 0. The van der Waals surface area contributed by atoms with Gasteiger partial charge in [-0.2, -0.15) is 0 Å². The van der Waals surface area contributed by atoms with Gasteiger partial charge in [-0.3, -0.25) is 0 Å². The number of carbonyl (C=O) groups excluding carboxylic acids is 1. The number of hydrogen-bond donors (Lipinski definition) is 2. The predicted molar refractivity (Wildman–Crippen MR) is 60.2 cm³/mol. The quantitative estimate of drug-likeness (QED) is 0.738. The molecule has 0 saturated carbocycles. The molecule has 0 unspecified atom stereocenters. The van der Waals surface area contributed by atoms with Gasteiger partial charge >= 0.3 is 5.97 Å². The molecular weight excluding hydrogens is 222 g/mol. The van der Waals surface area contributed by atoms with E-state index in [9.17, 15) is 9.90 Å². The molecule has 92 valence electrons. The maximum atomic E-state index is 11.6. The van der Waals surface area contributed by atoms with Crippen LogP contribution in [0.4, 0.5) is 0 Å². The topological polar surface area (TPSA) is 81.8 Å². The van der Waals surface area contributed by atoms with Crippen molar-refractivity contribution in [1.82, 2.24) is 0 Å². The molecule has 1 aromatic carbocycles. The summed E-state index contributed by atoms with van der Waals surface area (Å²) in [5.41, 5.74) is 6.20. The fourth-order valence-corrected chi connectivity index (χ4v) is 1.72. The van der Waals surface area contributed by atoms with Gasteiger partial charge in [0.1, 0.15) is 12.7 Å². The van der Waals surface area contributed by atoms with Crippen molar-refractivity contribution in [2.75, 3.05) is 6.61 Å². The van der Waals surface area contributed by atoms with Crippen LogP contribution in [0.25, 0.3) is 0 Å². The first-order valence-corrected chi connectivity index (χ1v) is 5.48. The normalized spacial score (nSPS) is 28.0. The van der Waals surface area contributed by atoms with Gasteiger partial charge in [-0.15, -0.1) is 0 Å². The maximum Gasteiger partial charge on any atom is 0.338 e. The Morgan fingerprint density at radius 2 is 2.18 bits per heavy atom. The summed E-state index contributed by atoms with van der Waals surface area (Å²) in [5, 5.41) is 9.21. The molecule has 0 bridgehead atoms. The Bertz CT molecular complexity index is 381. The minimum atomic E-state index is -0.856. The summed E-state index contributed by atoms with van der Waals surface area (Å²) in [6.45, 7) is 0.0615. The average molecular weight is 237 g/mol. The Kier molecular flexibility index (Phi) is 3.73. The van der Waals surface area contributed by atoms with Crippen LogP contribution in [0.5, 0.6) is 0 Å². The molecular formula is C12H15NO4. The lowest BCUT2D eigenvalue weighted by atomic mass is 10.1. The molecule has 2 rings (SSSR count). The van der Waals surface area contributed by atoms with E-state index in [1.165, 1.54) is 0 Å². The summed E-state index contributed by atoms with van der Waals surface area (Å²) in [4.78, 5) is 11.6. The molecule has 1 heterocycles. The Hall–Kier alpha value is -1.43. The highest BCUT2D eigenvalue weighted by molar-refractivity contribution is 5.89. The molecule has 1 aliphatic heterocycles. The van der Waals surface area contributed by atoms with Crippen LogP contribution in [0.3, 0.4) is 0 Å². The van der Waals surface area contributed by atoms with Crippen molar-refractivity contribution < 1.29 is 19.4 Å². The molecule has 0 spiro atoms. The number of esters is 1. The van der Waals surface area contributed by atoms with E-state index in [0.29, 0.717) is 12.0 Å². The molecule has 5 nitrogen and oxygen atoms in total. The van der Waals surface area contributed by atoms with E-state index in [0.717, 1.165) is 0 Å². The van der Waals surface area contributed by atoms with Crippen LogP contribution >= 0.6 is 0 Å². The highest BCUT2D eigenvalue weighted by atomic mass is 16.6. The summed E-state index contributed by atoms with van der Waals surface area (Å²) < 4.78 is 10.2. The molecule has 17 heavy (non-hydrogen) atoms. The Morgan fingerprint density at radius 1 is 1.47 bits per heavy atom. The second kappa shape index (κ2) is 5.27. The van der Waals surface area contributed by atoms with Crippen LogP contribution in [0.1, 0.15) is 16.8 Å². The third kappa shape index (κ3) is 3.03. The van der Waals surface area contributed by atoms with Crippen molar-refractivity contribution >= 4 is 5.97 Å². The summed E-state index contributed by atoms with van der Waals surface area (Å²) in [5.74, 6) is -0.414. The molecule has 1 fully saturated rings. The molecule has 3 atom stereocenters. The van der Waals surface area contributed by atoms with Crippen molar-refractivity contribution in [3.63, 3.8) is 0 Å². The first-order chi connectivity index (χ1) is 8.16. The molecule has 0 radical (unpaired) electrons. The van der Waals surface area contributed by atoms with Crippen molar-refractivity contribution in [1.29, 1.82) is 0 Å². The van der Waals surface area contributed by atoms with Gasteiger partial charge in [0.2, 0.25) is 0 Å². The largest absolute Gasteiger partial charge is 0.459 e.